The molecule has 0 amide bonds. The van der Waals surface area contributed by atoms with Crippen molar-refractivity contribution in [3.05, 3.63) is 53.6 Å². The summed E-state index contributed by atoms with van der Waals surface area (Å²) in [5.41, 5.74) is 10.7. The molecule has 1 heterocycles. The molecule has 0 atom stereocenters. The Labute approximate surface area is 113 Å². The summed E-state index contributed by atoms with van der Waals surface area (Å²) in [5, 5.41) is 0. The summed E-state index contributed by atoms with van der Waals surface area (Å²) in [6.07, 6.45) is 0. The number of rotatable bonds is 3. The van der Waals surface area contributed by atoms with Crippen LogP contribution < -0.4 is 15.4 Å². The molecule has 3 nitrogen and oxygen atoms in total. The largest absolute Gasteiger partial charge is 0.494 e. The van der Waals surface area contributed by atoms with Gasteiger partial charge in [0, 0.05) is 30.5 Å². The molecule has 98 valence electrons. The van der Waals surface area contributed by atoms with E-state index in [1.54, 1.807) is 0 Å². The molecule has 2 aromatic carbocycles. The molecule has 3 rings (SSSR count). The highest BCUT2D eigenvalue weighted by atomic mass is 16.5. The third-order valence-electron chi connectivity index (χ3n) is 3.51. The van der Waals surface area contributed by atoms with E-state index in [1.165, 1.54) is 16.8 Å². The first-order valence-electron chi connectivity index (χ1n) is 6.62. The van der Waals surface area contributed by atoms with Crippen LogP contribution in [0.5, 0.6) is 5.75 Å². The molecule has 0 aliphatic carbocycles. The van der Waals surface area contributed by atoms with E-state index in [1.807, 2.05) is 31.2 Å². The maximum Gasteiger partial charge on any atom is 0.121 e. The Kier molecular flexibility index (Phi) is 3.03. The van der Waals surface area contributed by atoms with Crippen molar-refractivity contribution < 1.29 is 4.74 Å². The number of ether oxygens (including phenoxy) is 1. The normalized spacial score (nSPS) is 13.4. The second-order valence-corrected chi connectivity index (χ2v) is 4.77. The topological polar surface area (TPSA) is 38.5 Å². The van der Waals surface area contributed by atoms with Crippen molar-refractivity contribution in [3.8, 4) is 5.75 Å². The Hall–Kier alpha value is -2.16. The lowest BCUT2D eigenvalue weighted by molar-refractivity contribution is 0.340. The summed E-state index contributed by atoms with van der Waals surface area (Å²) in [6.45, 7) is 4.48. The maximum atomic E-state index is 6.04. The third-order valence-corrected chi connectivity index (χ3v) is 3.51. The molecule has 0 spiro atoms. The van der Waals surface area contributed by atoms with Crippen molar-refractivity contribution in [2.45, 2.75) is 20.0 Å². The number of anilines is 2. The van der Waals surface area contributed by atoms with Gasteiger partial charge in [-0.05, 0) is 36.2 Å². The molecule has 0 bridgehead atoms. The number of hydrogen-bond acceptors (Lipinski definition) is 3. The van der Waals surface area contributed by atoms with Crippen molar-refractivity contribution in [1.29, 1.82) is 0 Å². The minimum absolute atomic E-state index is 0.691. The minimum Gasteiger partial charge on any atom is -0.494 e. The number of nitrogen functional groups attached to an aromatic ring is 1. The van der Waals surface area contributed by atoms with Crippen LogP contribution in [0.2, 0.25) is 0 Å². The predicted molar refractivity (Wildman–Crippen MR) is 78.4 cm³/mol. The van der Waals surface area contributed by atoms with E-state index in [0.717, 1.165) is 24.5 Å². The molecule has 0 aromatic heterocycles. The van der Waals surface area contributed by atoms with Crippen molar-refractivity contribution in [3.63, 3.8) is 0 Å². The van der Waals surface area contributed by atoms with Crippen molar-refractivity contribution in [1.82, 2.24) is 0 Å². The number of nitrogens with two attached hydrogens (primary N) is 1. The van der Waals surface area contributed by atoms with Gasteiger partial charge in [0.25, 0.3) is 0 Å². The first-order chi connectivity index (χ1) is 9.28. The fourth-order valence-electron chi connectivity index (χ4n) is 2.57. The first kappa shape index (κ1) is 11.9. The van der Waals surface area contributed by atoms with Gasteiger partial charge in [0.05, 0.1) is 6.61 Å². The van der Waals surface area contributed by atoms with Gasteiger partial charge in [-0.2, -0.15) is 0 Å². The van der Waals surface area contributed by atoms with Crippen LogP contribution in [-0.4, -0.2) is 6.61 Å². The van der Waals surface area contributed by atoms with E-state index in [-0.39, 0.29) is 0 Å². The standard InChI is InChI=1S/C16H18N2O/c1-2-19-14-7-4-6-13(9-14)18-10-12-5-3-8-16(17)15(12)11-18/h3-9H,2,10-11,17H2,1H3. The van der Waals surface area contributed by atoms with E-state index in [0.29, 0.717) is 6.61 Å². The number of hydrogen-bond donors (Lipinski definition) is 1. The molecule has 19 heavy (non-hydrogen) atoms. The Morgan fingerprint density at radius 3 is 2.79 bits per heavy atom. The molecule has 0 radical (unpaired) electrons. The molecular weight excluding hydrogens is 236 g/mol. The van der Waals surface area contributed by atoms with Crippen molar-refractivity contribution >= 4 is 11.4 Å². The Balaban J connectivity index is 1.86. The summed E-state index contributed by atoms with van der Waals surface area (Å²) >= 11 is 0. The average Bonchev–Trinajstić information content (AvgIpc) is 2.85. The van der Waals surface area contributed by atoms with Gasteiger partial charge in [0.15, 0.2) is 0 Å². The third kappa shape index (κ3) is 2.24. The molecule has 0 saturated heterocycles. The van der Waals surface area contributed by atoms with Gasteiger partial charge >= 0.3 is 0 Å². The van der Waals surface area contributed by atoms with Gasteiger partial charge in [-0.15, -0.1) is 0 Å². The van der Waals surface area contributed by atoms with Gasteiger partial charge in [-0.25, -0.2) is 0 Å². The molecule has 1 aliphatic heterocycles. The van der Waals surface area contributed by atoms with Crippen LogP contribution in [0.3, 0.4) is 0 Å². The lowest BCUT2D eigenvalue weighted by Crippen LogP contribution is -2.14. The lowest BCUT2D eigenvalue weighted by atomic mass is 10.1. The maximum absolute atomic E-state index is 6.04. The Morgan fingerprint density at radius 1 is 1.16 bits per heavy atom. The van der Waals surface area contributed by atoms with Gasteiger partial charge < -0.3 is 15.4 Å². The van der Waals surface area contributed by atoms with Crippen molar-refractivity contribution in [2.75, 3.05) is 17.2 Å². The van der Waals surface area contributed by atoms with E-state index in [4.69, 9.17) is 10.5 Å². The minimum atomic E-state index is 0.691. The zero-order chi connectivity index (χ0) is 13.2. The van der Waals surface area contributed by atoms with Crippen LogP contribution in [0, 0.1) is 0 Å². The van der Waals surface area contributed by atoms with Crippen LogP contribution in [0.1, 0.15) is 18.1 Å². The van der Waals surface area contributed by atoms with Gasteiger partial charge in [-0.1, -0.05) is 18.2 Å². The highest BCUT2D eigenvalue weighted by Gasteiger charge is 2.21. The predicted octanol–water partition coefficient (Wildman–Crippen LogP) is 3.19. The zero-order valence-electron chi connectivity index (χ0n) is 11.1. The van der Waals surface area contributed by atoms with Crippen LogP contribution in [0.4, 0.5) is 11.4 Å². The van der Waals surface area contributed by atoms with Gasteiger partial charge in [-0.3, -0.25) is 0 Å². The zero-order valence-corrected chi connectivity index (χ0v) is 11.1. The molecule has 0 fully saturated rings. The molecule has 1 aliphatic rings. The molecule has 2 N–H and O–H groups in total. The molecular formula is C16H18N2O. The summed E-state index contributed by atoms with van der Waals surface area (Å²) in [6, 6.07) is 14.4. The van der Waals surface area contributed by atoms with Crippen LogP contribution >= 0.6 is 0 Å². The first-order valence-corrected chi connectivity index (χ1v) is 6.62. The summed E-state index contributed by atoms with van der Waals surface area (Å²) in [4.78, 5) is 2.32. The van der Waals surface area contributed by atoms with E-state index in [9.17, 15) is 0 Å². The lowest BCUT2D eigenvalue weighted by Gasteiger charge is -2.18. The second kappa shape index (κ2) is 4.84. The number of benzene rings is 2. The summed E-state index contributed by atoms with van der Waals surface area (Å²) in [7, 11) is 0. The Bertz CT molecular complexity index is 595. The fraction of sp³-hybridized carbons (Fsp3) is 0.250. The van der Waals surface area contributed by atoms with Crippen molar-refractivity contribution in [2.24, 2.45) is 0 Å². The molecule has 0 unspecified atom stereocenters. The fourth-order valence-corrected chi connectivity index (χ4v) is 2.57. The smallest absolute Gasteiger partial charge is 0.121 e. The molecule has 3 heteroatoms. The summed E-state index contributed by atoms with van der Waals surface area (Å²) in [5.74, 6) is 0.920. The van der Waals surface area contributed by atoms with Gasteiger partial charge in [0.2, 0.25) is 0 Å². The Morgan fingerprint density at radius 2 is 2.00 bits per heavy atom. The number of nitrogens with zero attached hydrogens (tertiary/aromatic N) is 1. The number of fused-ring (bicyclic) bond motifs is 1. The van der Waals surface area contributed by atoms with Crippen LogP contribution in [-0.2, 0) is 13.1 Å². The quantitative estimate of drug-likeness (QED) is 0.855. The highest BCUT2D eigenvalue weighted by molar-refractivity contribution is 5.60. The van der Waals surface area contributed by atoms with Gasteiger partial charge in [0.1, 0.15) is 5.75 Å². The second-order valence-electron chi connectivity index (χ2n) is 4.77. The summed E-state index contributed by atoms with van der Waals surface area (Å²) < 4.78 is 5.56. The highest BCUT2D eigenvalue weighted by Crippen LogP contribution is 2.32. The van der Waals surface area contributed by atoms with E-state index < -0.39 is 0 Å². The molecule has 2 aromatic rings. The SMILES string of the molecule is CCOc1cccc(N2Cc3cccc(N)c3C2)c1. The monoisotopic (exact) mass is 254 g/mol. The van der Waals surface area contributed by atoms with E-state index in [2.05, 4.69) is 23.1 Å². The van der Waals surface area contributed by atoms with Crippen LogP contribution in [0.15, 0.2) is 42.5 Å². The van der Waals surface area contributed by atoms with Crippen LogP contribution in [0.25, 0.3) is 0 Å². The average molecular weight is 254 g/mol. The molecule has 0 saturated carbocycles. The van der Waals surface area contributed by atoms with E-state index >= 15 is 0 Å².